The van der Waals surface area contributed by atoms with Crippen LogP contribution >= 0.6 is 0 Å². The van der Waals surface area contributed by atoms with Crippen molar-refractivity contribution < 1.29 is 4.79 Å². The molecule has 2 amide bonds. The molecule has 0 atom stereocenters. The molecule has 0 saturated heterocycles. The highest BCUT2D eigenvalue weighted by Gasteiger charge is 2.13. The summed E-state index contributed by atoms with van der Waals surface area (Å²) in [6.45, 7) is 0.0819. The van der Waals surface area contributed by atoms with Gasteiger partial charge >= 0.3 is 6.03 Å². The van der Waals surface area contributed by atoms with Crippen molar-refractivity contribution in [3.63, 3.8) is 0 Å². The first-order valence-corrected chi connectivity index (χ1v) is 5.24. The third-order valence-electron chi connectivity index (χ3n) is 2.52. The van der Waals surface area contributed by atoms with Crippen molar-refractivity contribution in [3.8, 4) is 6.07 Å². The smallest absolute Gasteiger partial charge is 0.315 e. The number of hydrogen-bond acceptors (Lipinski definition) is 2. The van der Waals surface area contributed by atoms with Crippen molar-refractivity contribution in [2.45, 2.75) is 44.6 Å². The number of nitriles is 1. The van der Waals surface area contributed by atoms with Gasteiger partial charge < -0.3 is 10.6 Å². The third kappa shape index (κ3) is 4.13. The van der Waals surface area contributed by atoms with Crippen LogP contribution in [0, 0.1) is 11.3 Å². The van der Waals surface area contributed by atoms with Gasteiger partial charge in [0, 0.05) is 6.04 Å². The Balaban J connectivity index is 2.21. The fourth-order valence-electron chi connectivity index (χ4n) is 1.78. The molecule has 0 aromatic rings. The molecule has 0 aromatic heterocycles. The minimum atomic E-state index is -0.210. The molecular formula is C10H17N3O. The summed E-state index contributed by atoms with van der Waals surface area (Å²) in [6, 6.07) is 1.97. The van der Waals surface area contributed by atoms with Gasteiger partial charge in [-0.05, 0) is 12.8 Å². The zero-order chi connectivity index (χ0) is 10.2. The molecule has 1 aliphatic rings. The second-order valence-corrected chi connectivity index (χ2v) is 3.67. The normalized spacial score (nSPS) is 17.9. The third-order valence-corrected chi connectivity index (χ3v) is 2.52. The molecule has 78 valence electrons. The fourth-order valence-corrected chi connectivity index (χ4v) is 1.78. The molecule has 2 N–H and O–H groups in total. The van der Waals surface area contributed by atoms with E-state index in [4.69, 9.17) is 5.26 Å². The lowest BCUT2D eigenvalue weighted by molar-refractivity contribution is 0.236. The summed E-state index contributed by atoms with van der Waals surface area (Å²) >= 11 is 0. The van der Waals surface area contributed by atoms with Gasteiger partial charge in [-0.3, -0.25) is 0 Å². The SMILES string of the molecule is N#CCNC(=O)NC1CCCCCC1. The van der Waals surface area contributed by atoms with Gasteiger partial charge in [0.2, 0.25) is 0 Å². The van der Waals surface area contributed by atoms with E-state index < -0.39 is 0 Å². The molecule has 1 rings (SSSR count). The van der Waals surface area contributed by atoms with Crippen LogP contribution in [0.4, 0.5) is 4.79 Å². The molecule has 0 aromatic carbocycles. The Morgan fingerprint density at radius 3 is 2.50 bits per heavy atom. The summed E-state index contributed by atoms with van der Waals surface area (Å²) in [5.74, 6) is 0. The van der Waals surface area contributed by atoms with Gasteiger partial charge in [-0.1, -0.05) is 25.7 Å². The van der Waals surface area contributed by atoms with E-state index in [1.165, 1.54) is 25.7 Å². The highest BCUT2D eigenvalue weighted by molar-refractivity contribution is 5.74. The van der Waals surface area contributed by atoms with Gasteiger partial charge in [0.1, 0.15) is 6.54 Å². The Morgan fingerprint density at radius 1 is 1.29 bits per heavy atom. The first kappa shape index (κ1) is 10.8. The van der Waals surface area contributed by atoms with Crippen LogP contribution < -0.4 is 10.6 Å². The van der Waals surface area contributed by atoms with E-state index in [2.05, 4.69) is 10.6 Å². The van der Waals surface area contributed by atoms with Crippen LogP contribution in [0.5, 0.6) is 0 Å². The van der Waals surface area contributed by atoms with Crippen molar-refractivity contribution in [1.29, 1.82) is 5.26 Å². The van der Waals surface area contributed by atoms with E-state index in [1.807, 2.05) is 6.07 Å². The van der Waals surface area contributed by atoms with E-state index in [0.29, 0.717) is 6.04 Å². The van der Waals surface area contributed by atoms with E-state index in [-0.39, 0.29) is 12.6 Å². The maximum absolute atomic E-state index is 11.2. The molecule has 0 bridgehead atoms. The van der Waals surface area contributed by atoms with Gasteiger partial charge in [0.25, 0.3) is 0 Å². The van der Waals surface area contributed by atoms with Gasteiger partial charge in [-0.2, -0.15) is 5.26 Å². The maximum atomic E-state index is 11.2. The van der Waals surface area contributed by atoms with Crippen LogP contribution in [-0.4, -0.2) is 18.6 Å². The highest BCUT2D eigenvalue weighted by Crippen LogP contribution is 2.16. The predicted octanol–water partition coefficient (Wildman–Crippen LogP) is 1.53. The molecule has 0 spiro atoms. The lowest BCUT2D eigenvalue weighted by Crippen LogP contribution is -2.41. The van der Waals surface area contributed by atoms with E-state index in [1.54, 1.807) is 0 Å². The summed E-state index contributed by atoms with van der Waals surface area (Å²) in [5, 5.41) is 13.7. The van der Waals surface area contributed by atoms with Gasteiger partial charge in [-0.25, -0.2) is 4.79 Å². The van der Waals surface area contributed by atoms with Gasteiger partial charge in [0.15, 0.2) is 0 Å². The Kier molecular flexibility index (Phi) is 4.84. The van der Waals surface area contributed by atoms with E-state index in [9.17, 15) is 4.79 Å². The van der Waals surface area contributed by atoms with Gasteiger partial charge in [-0.15, -0.1) is 0 Å². The number of hydrogen-bond donors (Lipinski definition) is 2. The summed E-state index contributed by atoms with van der Waals surface area (Å²) in [5.41, 5.74) is 0. The van der Waals surface area contributed by atoms with Crippen molar-refractivity contribution in [2.24, 2.45) is 0 Å². The summed E-state index contributed by atoms with van der Waals surface area (Å²) in [7, 11) is 0. The first-order chi connectivity index (χ1) is 6.83. The standard InChI is InChI=1S/C10H17N3O/c11-7-8-12-10(14)13-9-5-3-1-2-4-6-9/h9H,1-6,8H2,(H2,12,13,14). The van der Waals surface area contributed by atoms with Gasteiger partial charge in [0.05, 0.1) is 6.07 Å². The van der Waals surface area contributed by atoms with E-state index in [0.717, 1.165) is 12.8 Å². The average Bonchev–Trinajstić information content (AvgIpc) is 2.43. The van der Waals surface area contributed by atoms with Crippen molar-refractivity contribution >= 4 is 6.03 Å². The first-order valence-electron chi connectivity index (χ1n) is 5.24. The van der Waals surface area contributed by atoms with Crippen LogP contribution in [0.25, 0.3) is 0 Å². The zero-order valence-corrected chi connectivity index (χ0v) is 8.38. The van der Waals surface area contributed by atoms with Crippen molar-refractivity contribution in [2.75, 3.05) is 6.54 Å². The second kappa shape index (κ2) is 6.25. The summed E-state index contributed by atoms with van der Waals surface area (Å²) in [6.07, 6.45) is 7.09. The molecule has 14 heavy (non-hydrogen) atoms. The van der Waals surface area contributed by atoms with Crippen LogP contribution in [0.1, 0.15) is 38.5 Å². The average molecular weight is 195 g/mol. The number of carbonyl (C=O) groups is 1. The molecule has 1 fully saturated rings. The van der Waals surface area contributed by atoms with Crippen LogP contribution in [0.15, 0.2) is 0 Å². The number of carbonyl (C=O) groups excluding carboxylic acids is 1. The number of nitrogens with zero attached hydrogens (tertiary/aromatic N) is 1. The number of rotatable bonds is 2. The molecule has 4 nitrogen and oxygen atoms in total. The minimum absolute atomic E-state index is 0.0819. The van der Waals surface area contributed by atoms with Crippen molar-refractivity contribution in [1.82, 2.24) is 10.6 Å². The Hall–Kier alpha value is -1.24. The molecule has 0 radical (unpaired) electrons. The number of urea groups is 1. The van der Waals surface area contributed by atoms with Crippen LogP contribution in [-0.2, 0) is 0 Å². The maximum Gasteiger partial charge on any atom is 0.315 e. The lowest BCUT2D eigenvalue weighted by atomic mass is 10.1. The highest BCUT2D eigenvalue weighted by atomic mass is 16.2. The van der Waals surface area contributed by atoms with Crippen molar-refractivity contribution in [3.05, 3.63) is 0 Å². The molecule has 0 aliphatic heterocycles. The second-order valence-electron chi connectivity index (χ2n) is 3.67. The Bertz CT molecular complexity index is 214. The largest absolute Gasteiger partial charge is 0.335 e. The molecule has 0 unspecified atom stereocenters. The monoisotopic (exact) mass is 195 g/mol. The number of amides is 2. The summed E-state index contributed by atoms with van der Waals surface area (Å²) < 4.78 is 0. The Labute approximate surface area is 84.7 Å². The Morgan fingerprint density at radius 2 is 1.93 bits per heavy atom. The zero-order valence-electron chi connectivity index (χ0n) is 8.38. The topological polar surface area (TPSA) is 64.9 Å². The van der Waals surface area contributed by atoms with Crippen LogP contribution in [0.2, 0.25) is 0 Å². The van der Waals surface area contributed by atoms with E-state index >= 15 is 0 Å². The number of nitrogens with one attached hydrogen (secondary N) is 2. The molecule has 1 aliphatic carbocycles. The fraction of sp³-hybridized carbons (Fsp3) is 0.800. The lowest BCUT2D eigenvalue weighted by Gasteiger charge is -2.15. The predicted molar refractivity (Wildman–Crippen MR) is 53.6 cm³/mol. The quantitative estimate of drug-likeness (QED) is 0.518. The summed E-state index contributed by atoms with van der Waals surface area (Å²) in [4.78, 5) is 11.2. The molecule has 4 heteroatoms. The van der Waals surface area contributed by atoms with Crippen LogP contribution in [0.3, 0.4) is 0 Å². The molecule has 0 heterocycles. The minimum Gasteiger partial charge on any atom is -0.335 e. The molecular weight excluding hydrogens is 178 g/mol. The molecule has 1 saturated carbocycles.